The number of rotatable bonds is 10. The molecule has 0 saturated carbocycles. The van der Waals surface area contributed by atoms with Crippen LogP contribution in [0.1, 0.15) is 28.4 Å². The molecule has 0 aliphatic carbocycles. The summed E-state index contributed by atoms with van der Waals surface area (Å²) in [6, 6.07) is 12.2. The zero-order chi connectivity index (χ0) is 24.0. The summed E-state index contributed by atoms with van der Waals surface area (Å²) >= 11 is 12.5. The average Bonchev–Trinajstić information content (AvgIpc) is 2.79. The second-order valence-electron chi connectivity index (χ2n) is 6.89. The number of carboxylic acids is 1. The van der Waals surface area contributed by atoms with Crippen LogP contribution in [-0.2, 0) is 13.2 Å². The number of aromatic carboxylic acids is 1. The SMILES string of the molecule is CCOc1cc(CNc2cc(C(=O)O)ccc2OC)c(Cl)cc1OCc1c(F)cccc1Cl. The van der Waals surface area contributed by atoms with Gasteiger partial charge in [-0.3, -0.25) is 0 Å². The van der Waals surface area contributed by atoms with Crippen LogP contribution in [0.15, 0.2) is 48.5 Å². The van der Waals surface area contributed by atoms with E-state index in [1.165, 1.54) is 31.4 Å². The smallest absolute Gasteiger partial charge is 0.335 e. The molecule has 0 unspecified atom stereocenters. The third-order valence-electron chi connectivity index (χ3n) is 4.76. The maximum atomic E-state index is 14.1. The summed E-state index contributed by atoms with van der Waals surface area (Å²) in [5.41, 5.74) is 1.53. The van der Waals surface area contributed by atoms with Gasteiger partial charge in [0.05, 0.1) is 30.0 Å². The maximum Gasteiger partial charge on any atom is 0.335 e. The largest absolute Gasteiger partial charge is 0.495 e. The highest BCUT2D eigenvalue weighted by Gasteiger charge is 2.15. The van der Waals surface area contributed by atoms with Crippen LogP contribution in [0, 0.1) is 5.82 Å². The van der Waals surface area contributed by atoms with E-state index >= 15 is 0 Å². The van der Waals surface area contributed by atoms with Gasteiger partial charge in [0, 0.05) is 23.2 Å². The number of methoxy groups -OCH3 is 1. The first kappa shape index (κ1) is 24.5. The summed E-state index contributed by atoms with van der Waals surface area (Å²) in [5.74, 6) is -0.255. The second-order valence-corrected chi connectivity index (χ2v) is 7.70. The summed E-state index contributed by atoms with van der Waals surface area (Å²) in [5, 5.41) is 13.0. The highest BCUT2D eigenvalue weighted by atomic mass is 35.5. The average molecular weight is 494 g/mol. The Morgan fingerprint density at radius 1 is 1.03 bits per heavy atom. The Morgan fingerprint density at radius 2 is 1.79 bits per heavy atom. The van der Waals surface area contributed by atoms with Gasteiger partial charge in [-0.2, -0.15) is 0 Å². The predicted octanol–water partition coefficient (Wildman–Crippen LogP) is 6.43. The minimum Gasteiger partial charge on any atom is -0.495 e. The lowest BCUT2D eigenvalue weighted by molar-refractivity contribution is 0.0697. The molecule has 0 heterocycles. The van der Waals surface area contributed by atoms with Gasteiger partial charge in [0.25, 0.3) is 0 Å². The lowest BCUT2D eigenvalue weighted by Crippen LogP contribution is -2.06. The summed E-state index contributed by atoms with van der Waals surface area (Å²) in [6.45, 7) is 2.36. The quantitative estimate of drug-likeness (QED) is 0.338. The van der Waals surface area contributed by atoms with Crippen molar-refractivity contribution in [3.8, 4) is 17.2 Å². The van der Waals surface area contributed by atoms with Gasteiger partial charge in [0.1, 0.15) is 18.2 Å². The fourth-order valence-electron chi connectivity index (χ4n) is 3.08. The summed E-state index contributed by atoms with van der Waals surface area (Å²) in [6.07, 6.45) is 0. The molecule has 33 heavy (non-hydrogen) atoms. The van der Waals surface area contributed by atoms with Crippen molar-refractivity contribution in [2.75, 3.05) is 19.0 Å². The molecule has 3 aromatic rings. The number of anilines is 1. The van der Waals surface area contributed by atoms with E-state index in [0.717, 1.165) is 0 Å². The number of hydrogen-bond donors (Lipinski definition) is 2. The topological polar surface area (TPSA) is 77.0 Å². The summed E-state index contributed by atoms with van der Waals surface area (Å²) in [4.78, 5) is 11.3. The first-order chi connectivity index (χ1) is 15.8. The molecule has 3 aromatic carbocycles. The second kappa shape index (κ2) is 11.1. The van der Waals surface area contributed by atoms with Gasteiger partial charge >= 0.3 is 5.97 Å². The van der Waals surface area contributed by atoms with E-state index < -0.39 is 11.8 Å². The van der Waals surface area contributed by atoms with Crippen molar-refractivity contribution < 1.29 is 28.5 Å². The standard InChI is InChI=1S/C24H22Cl2FNO5/c1-3-32-22-10-15(12-28-20-9-14(24(29)30)7-8-21(20)31-2)18(26)11-23(22)33-13-16-17(25)5-4-6-19(16)27/h4-11,28H,3,12-13H2,1-2H3,(H,29,30). The first-order valence-electron chi connectivity index (χ1n) is 10.00. The Balaban J connectivity index is 1.82. The fraction of sp³-hybridized carbons (Fsp3) is 0.208. The van der Waals surface area contributed by atoms with E-state index in [1.807, 2.05) is 6.92 Å². The number of nitrogens with one attached hydrogen (secondary N) is 1. The minimum absolute atomic E-state index is 0.0985. The molecule has 0 amide bonds. The normalized spacial score (nSPS) is 10.6. The van der Waals surface area contributed by atoms with Crippen molar-refractivity contribution >= 4 is 34.9 Å². The molecular weight excluding hydrogens is 472 g/mol. The molecule has 174 valence electrons. The number of halogens is 3. The monoisotopic (exact) mass is 493 g/mol. The van der Waals surface area contributed by atoms with Gasteiger partial charge in [-0.05, 0) is 48.9 Å². The molecule has 0 fully saturated rings. The number of ether oxygens (including phenoxy) is 3. The van der Waals surface area contributed by atoms with Crippen LogP contribution in [0.3, 0.4) is 0 Å². The van der Waals surface area contributed by atoms with E-state index in [0.29, 0.717) is 40.1 Å². The molecule has 0 bridgehead atoms. The van der Waals surface area contributed by atoms with E-state index in [2.05, 4.69) is 5.32 Å². The van der Waals surface area contributed by atoms with Crippen molar-refractivity contribution in [3.05, 3.63) is 81.1 Å². The van der Waals surface area contributed by atoms with Crippen LogP contribution in [-0.4, -0.2) is 24.8 Å². The van der Waals surface area contributed by atoms with Crippen molar-refractivity contribution in [2.24, 2.45) is 0 Å². The Kier molecular flexibility index (Phi) is 8.25. The van der Waals surface area contributed by atoms with Crippen LogP contribution >= 0.6 is 23.2 Å². The molecule has 0 aromatic heterocycles. The third kappa shape index (κ3) is 6.00. The van der Waals surface area contributed by atoms with Gasteiger partial charge in [0.2, 0.25) is 0 Å². The van der Waals surface area contributed by atoms with Crippen LogP contribution < -0.4 is 19.5 Å². The van der Waals surface area contributed by atoms with Gasteiger partial charge in [0.15, 0.2) is 11.5 Å². The number of hydrogen-bond acceptors (Lipinski definition) is 5. The molecular formula is C24H22Cl2FNO5. The first-order valence-corrected chi connectivity index (χ1v) is 10.8. The molecule has 0 aliphatic heterocycles. The molecule has 0 radical (unpaired) electrons. The Labute approximate surface area is 200 Å². The van der Waals surface area contributed by atoms with E-state index in [4.69, 9.17) is 37.4 Å². The minimum atomic E-state index is -1.05. The Hall–Kier alpha value is -3.16. The highest BCUT2D eigenvalue weighted by molar-refractivity contribution is 6.31. The van der Waals surface area contributed by atoms with E-state index in [-0.39, 0.29) is 29.3 Å². The Morgan fingerprint density at radius 3 is 2.45 bits per heavy atom. The maximum absolute atomic E-state index is 14.1. The zero-order valence-corrected chi connectivity index (χ0v) is 19.5. The van der Waals surface area contributed by atoms with Gasteiger partial charge in [-0.1, -0.05) is 29.3 Å². The summed E-state index contributed by atoms with van der Waals surface area (Å²) < 4.78 is 30.8. The fourth-order valence-corrected chi connectivity index (χ4v) is 3.52. The zero-order valence-electron chi connectivity index (χ0n) is 18.0. The third-order valence-corrected chi connectivity index (χ3v) is 5.47. The van der Waals surface area contributed by atoms with E-state index in [9.17, 15) is 14.3 Å². The molecule has 3 rings (SSSR count). The molecule has 0 spiro atoms. The van der Waals surface area contributed by atoms with Gasteiger partial charge in [-0.25, -0.2) is 9.18 Å². The lowest BCUT2D eigenvalue weighted by atomic mass is 10.1. The summed E-state index contributed by atoms with van der Waals surface area (Å²) in [7, 11) is 1.50. The highest BCUT2D eigenvalue weighted by Crippen LogP contribution is 2.36. The predicted molar refractivity (Wildman–Crippen MR) is 126 cm³/mol. The number of carboxylic acid groups (broad SMARTS) is 1. The van der Waals surface area contributed by atoms with Crippen LogP contribution in [0.5, 0.6) is 17.2 Å². The molecule has 0 saturated heterocycles. The molecule has 2 N–H and O–H groups in total. The number of carbonyl (C=O) groups is 1. The molecule has 9 heteroatoms. The van der Waals surface area contributed by atoms with Crippen molar-refractivity contribution in [1.82, 2.24) is 0 Å². The molecule has 0 atom stereocenters. The van der Waals surface area contributed by atoms with Crippen molar-refractivity contribution in [3.63, 3.8) is 0 Å². The van der Waals surface area contributed by atoms with Crippen LogP contribution in [0.25, 0.3) is 0 Å². The molecule has 0 aliphatic rings. The number of benzene rings is 3. The van der Waals surface area contributed by atoms with Crippen molar-refractivity contribution in [1.29, 1.82) is 0 Å². The van der Waals surface area contributed by atoms with Gasteiger partial charge in [-0.15, -0.1) is 0 Å². The van der Waals surface area contributed by atoms with Crippen LogP contribution in [0.4, 0.5) is 10.1 Å². The van der Waals surface area contributed by atoms with Crippen LogP contribution in [0.2, 0.25) is 10.0 Å². The Bertz CT molecular complexity index is 1140. The van der Waals surface area contributed by atoms with Gasteiger partial charge < -0.3 is 24.6 Å². The van der Waals surface area contributed by atoms with E-state index in [1.54, 1.807) is 24.3 Å². The van der Waals surface area contributed by atoms with Crippen molar-refractivity contribution in [2.45, 2.75) is 20.1 Å². The molecule has 6 nitrogen and oxygen atoms in total. The lowest BCUT2D eigenvalue weighted by Gasteiger charge is -2.17.